The molecule has 1 aliphatic rings. The molecule has 0 saturated heterocycles. The molecule has 0 atom stereocenters. The van der Waals surface area contributed by atoms with Crippen LogP contribution in [0.4, 0.5) is 0 Å². The minimum atomic E-state index is 0.602. The number of nitrogens with zero attached hydrogens (tertiary/aromatic N) is 1. The van der Waals surface area contributed by atoms with Crippen molar-refractivity contribution >= 4 is 5.71 Å². The first kappa shape index (κ1) is 10.2. The molecule has 1 aliphatic heterocycles. The lowest BCUT2D eigenvalue weighted by Crippen LogP contribution is -2.19. The van der Waals surface area contributed by atoms with Crippen LogP contribution in [0.15, 0.2) is 29.4 Å². The van der Waals surface area contributed by atoms with Crippen LogP contribution in [-0.2, 0) is 0 Å². The van der Waals surface area contributed by atoms with Gasteiger partial charge in [-0.1, -0.05) is 38.1 Å². The van der Waals surface area contributed by atoms with Crippen LogP contribution in [0.2, 0.25) is 0 Å². The summed E-state index contributed by atoms with van der Waals surface area (Å²) in [4.78, 5) is 0. The molecule has 0 amide bonds. The van der Waals surface area contributed by atoms with Gasteiger partial charge in [-0.15, -0.1) is 0 Å². The van der Waals surface area contributed by atoms with Gasteiger partial charge in [0, 0.05) is 6.54 Å². The van der Waals surface area contributed by atoms with Gasteiger partial charge in [-0.05, 0) is 29.9 Å². The quantitative estimate of drug-likeness (QED) is 0.783. The lowest BCUT2D eigenvalue weighted by atomic mass is 9.98. The van der Waals surface area contributed by atoms with Crippen LogP contribution in [0.25, 0.3) is 0 Å². The first-order chi connectivity index (χ1) is 7.27. The van der Waals surface area contributed by atoms with Gasteiger partial charge in [-0.3, -0.25) is 0 Å². The van der Waals surface area contributed by atoms with Gasteiger partial charge in [-0.2, -0.15) is 5.10 Å². The third-order valence-electron chi connectivity index (χ3n) is 2.83. The van der Waals surface area contributed by atoms with Gasteiger partial charge in [0.25, 0.3) is 0 Å². The van der Waals surface area contributed by atoms with Crippen molar-refractivity contribution < 1.29 is 0 Å². The molecule has 2 heteroatoms. The summed E-state index contributed by atoms with van der Waals surface area (Å²) in [6.45, 7) is 5.44. The molecule has 80 valence electrons. The normalized spacial score (nSPS) is 16.1. The highest BCUT2D eigenvalue weighted by molar-refractivity contribution is 6.00. The summed E-state index contributed by atoms with van der Waals surface area (Å²) in [5.41, 5.74) is 6.90. The van der Waals surface area contributed by atoms with E-state index in [1.54, 1.807) is 0 Å². The summed E-state index contributed by atoms with van der Waals surface area (Å²) in [5.74, 6) is 0.602. The van der Waals surface area contributed by atoms with Crippen molar-refractivity contribution in [2.75, 3.05) is 6.54 Å². The van der Waals surface area contributed by atoms with E-state index >= 15 is 0 Å². The molecular weight excluding hydrogens is 184 g/mol. The molecule has 0 aliphatic carbocycles. The fourth-order valence-electron chi connectivity index (χ4n) is 1.81. The van der Waals surface area contributed by atoms with E-state index in [1.165, 1.54) is 23.3 Å². The molecule has 0 radical (unpaired) electrons. The standard InChI is InChI=1S/C13H18N2/c1-10(2)11-5-7-12(8-6-11)13-4-3-9-14-15-13/h5-8,10,14H,3-4,9H2,1-2H3. The monoisotopic (exact) mass is 202 g/mol. The smallest absolute Gasteiger partial charge is 0.0675 e. The Kier molecular flexibility index (Phi) is 3.05. The van der Waals surface area contributed by atoms with Gasteiger partial charge < -0.3 is 5.43 Å². The van der Waals surface area contributed by atoms with Gasteiger partial charge in [0.2, 0.25) is 0 Å². The topological polar surface area (TPSA) is 24.4 Å². The molecule has 0 unspecified atom stereocenters. The molecule has 2 rings (SSSR count). The molecule has 1 N–H and O–H groups in total. The molecule has 0 bridgehead atoms. The molecule has 1 heterocycles. The van der Waals surface area contributed by atoms with Crippen LogP contribution >= 0.6 is 0 Å². The Hall–Kier alpha value is -1.31. The third kappa shape index (κ3) is 2.38. The van der Waals surface area contributed by atoms with Gasteiger partial charge >= 0.3 is 0 Å². The minimum absolute atomic E-state index is 0.602. The van der Waals surface area contributed by atoms with E-state index in [1.807, 2.05) is 0 Å². The van der Waals surface area contributed by atoms with Crippen molar-refractivity contribution in [2.45, 2.75) is 32.6 Å². The van der Waals surface area contributed by atoms with Crippen molar-refractivity contribution in [1.82, 2.24) is 5.43 Å². The maximum Gasteiger partial charge on any atom is 0.0675 e. The highest BCUT2D eigenvalue weighted by Gasteiger charge is 2.07. The summed E-state index contributed by atoms with van der Waals surface area (Å²) < 4.78 is 0. The van der Waals surface area contributed by atoms with Gasteiger partial charge in [0.15, 0.2) is 0 Å². The molecule has 1 aromatic rings. The molecule has 1 aromatic carbocycles. The van der Waals surface area contributed by atoms with Crippen LogP contribution in [0.5, 0.6) is 0 Å². The van der Waals surface area contributed by atoms with Crippen molar-refractivity contribution in [3.8, 4) is 0 Å². The number of benzene rings is 1. The lowest BCUT2D eigenvalue weighted by molar-refractivity contribution is 0.662. The van der Waals surface area contributed by atoms with Gasteiger partial charge in [0.1, 0.15) is 0 Å². The maximum atomic E-state index is 4.34. The highest BCUT2D eigenvalue weighted by atomic mass is 15.3. The molecule has 0 spiro atoms. The first-order valence-electron chi connectivity index (χ1n) is 5.67. The Morgan fingerprint density at radius 3 is 2.47 bits per heavy atom. The molecule has 2 nitrogen and oxygen atoms in total. The van der Waals surface area contributed by atoms with Crippen LogP contribution in [-0.4, -0.2) is 12.3 Å². The number of hydrogen-bond donors (Lipinski definition) is 1. The zero-order valence-corrected chi connectivity index (χ0v) is 9.46. The summed E-state index contributed by atoms with van der Waals surface area (Å²) in [5, 5.41) is 4.34. The minimum Gasteiger partial charge on any atom is -0.310 e. The summed E-state index contributed by atoms with van der Waals surface area (Å²) in [7, 11) is 0. The van der Waals surface area contributed by atoms with E-state index in [0.717, 1.165) is 13.0 Å². The molecular formula is C13H18N2. The second-order valence-corrected chi connectivity index (χ2v) is 4.35. The van der Waals surface area contributed by atoms with Crippen molar-refractivity contribution in [3.63, 3.8) is 0 Å². The van der Waals surface area contributed by atoms with Gasteiger partial charge in [0.05, 0.1) is 5.71 Å². The Balaban J connectivity index is 2.19. The average Bonchev–Trinajstić information content (AvgIpc) is 2.30. The largest absolute Gasteiger partial charge is 0.310 e. The van der Waals surface area contributed by atoms with E-state index < -0.39 is 0 Å². The van der Waals surface area contributed by atoms with E-state index in [9.17, 15) is 0 Å². The van der Waals surface area contributed by atoms with Crippen LogP contribution < -0.4 is 5.43 Å². The lowest BCUT2D eigenvalue weighted by Gasteiger charge is -2.13. The van der Waals surface area contributed by atoms with E-state index in [-0.39, 0.29) is 0 Å². The Morgan fingerprint density at radius 1 is 1.20 bits per heavy atom. The SMILES string of the molecule is CC(C)c1ccc(C2=NNCCC2)cc1. The highest BCUT2D eigenvalue weighted by Crippen LogP contribution is 2.16. The number of rotatable bonds is 2. The van der Waals surface area contributed by atoms with E-state index in [0.29, 0.717) is 5.92 Å². The molecule has 0 fully saturated rings. The second-order valence-electron chi connectivity index (χ2n) is 4.35. The zero-order chi connectivity index (χ0) is 10.7. The fourth-order valence-corrected chi connectivity index (χ4v) is 1.81. The molecule has 15 heavy (non-hydrogen) atoms. The van der Waals surface area contributed by atoms with E-state index in [2.05, 4.69) is 48.6 Å². The number of nitrogens with one attached hydrogen (secondary N) is 1. The van der Waals surface area contributed by atoms with Crippen molar-refractivity contribution in [2.24, 2.45) is 5.10 Å². The Morgan fingerprint density at radius 2 is 1.93 bits per heavy atom. The predicted octanol–water partition coefficient (Wildman–Crippen LogP) is 2.90. The predicted molar refractivity (Wildman–Crippen MR) is 64.3 cm³/mol. The molecule has 0 saturated carbocycles. The third-order valence-corrected chi connectivity index (χ3v) is 2.83. The zero-order valence-electron chi connectivity index (χ0n) is 9.46. The Labute approximate surface area is 91.4 Å². The number of hydrazone groups is 1. The summed E-state index contributed by atoms with van der Waals surface area (Å²) in [6.07, 6.45) is 2.28. The first-order valence-corrected chi connectivity index (χ1v) is 5.67. The second kappa shape index (κ2) is 4.47. The van der Waals surface area contributed by atoms with E-state index in [4.69, 9.17) is 0 Å². The maximum absolute atomic E-state index is 4.34. The summed E-state index contributed by atoms with van der Waals surface area (Å²) in [6, 6.07) is 8.77. The van der Waals surface area contributed by atoms with Gasteiger partial charge in [-0.25, -0.2) is 0 Å². The number of hydrogen-bond acceptors (Lipinski definition) is 2. The fraction of sp³-hybridized carbons (Fsp3) is 0.462. The van der Waals surface area contributed by atoms with Crippen molar-refractivity contribution in [3.05, 3.63) is 35.4 Å². The van der Waals surface area contributed by atoms with Crippen LogP contribution in [0.1, 0.15) is 43.7 Å². The van der Waals surface area contributed by atoms with Crippen molar-refractivity contribution in [1.29, 1.82) is 0 Å². The average molecular weight is 202 g/mol. The molecule has 0 aromatic heterocycles. The van der Waals surface area contributed by atoms with Crippen LogP contribution in [0, 0.1) is 0 Å². The Bertz CT molecular complexity index is 349. The summed E-state index contributed by atoms with van der Waals surface area (Å²) >= 11 is 0. The van der Waals surface area contributed by atoms with Crippen LogP contribution in [0.3, 0.4) is 0 Å².